The van der Waals surface area contributed by atoms with Crippen LogP contribution >= 0.6 is 11.3 Å². The van der Waals surface area contributed by atoms with Crippen LogP contribution in [-0.4, -0.2) is 24.3 Å². The smallest absolute Gasteiger partial charge is 0.331 e. The third-order valence-corrected chi connectivity index (χ3v) is 5.04. The Hall–Kier alpha value is -3.51. The molecule has 0 aliphatic rings. The highest BCUT2D eigenvalue weighted by molar-refractivity contribution is 7.16. The van der Waals surface area contributed by atoms with Gasteiger partial charge in [-0.05, 0) is 48.0 Å². The molecule has 0 bridgehead atoms. The van der Waals surface area contributed by atoms with E-state index in [1.807, 2.05) is 42.5 Å². The van der Waals surface area contributed by atoms with Crippen LogP contribution in [0.5, 0.6) is 0 Å². The molecule has 0 aliphatic carbocycles. The standard InChI is InChI=1S/C23H19NO4S/c1-16(25)24-19-9-7-17(8-10-19)21(26)15-28-23(27)14-12-20-11-13-22(29-20)18-5-3-2-4-6-18/h2-14H,15H2,1H3,(H,24,25)/b14-12+. The van der Waals surface area contributed by atoms with E-state index in [2.05, 4.69) is 5.32 Å². The topological polar surface area (TPSA) is 72.5 Å². The second kappa shape index (κ2) is 9.61. The van der Waals surface area contributed by atoms with Crippen LogP contribution in [0, 0.1) is 0 Å². The van der Waals surface area contributed by atoms with Crippen molar-refractivity contribution in [2.24, 2.45) is 0 Å². The molecular weight excluding hydrogens is 386 g/mol. The van der Waals surface area contributed by atoms with Crippen LogP contribution in [-0.2, 0) is 14.3 Å². The van der Waals surface area contributed by atoms with E-state index in [4.69, 9.17) is 4.74 Å². The van der Waals surface area contributed by atoms with Crippen LogP contribution in [0.1, 0.15) is 22.2 Å². The summed E-state index contributed by atoms with van der Waals surface area (Å²) in [7, 11) is 0. The summed E-state index contributed by atoms with van der Waals surface area (Å²) in [5, 5.41) is 2.62. The van der Waals surface area contributed by atoms with Crippen molar-refractivity contribution in [3.05, 3.63) is 83.2 Å². The lowest BCUT2D eigenvalue weighted by Gasteiger charge is -2.04. The minimum absolute atomic E-state index is 0.188. The number of hydrogen-bond acceptors (Lipinski definition) is 5. The van der Waals surface area contributed by atoms with Gasteiger partial charge in [-0.25, -0.2) is 4.79 Å². The Labute approximate surface area is 172 Å². The molecule has 0 saturated heterocycles. The molecule has 29 heavy (non-hydrogen) atoms. The number of anilines is 1. The molecule has 1 heterocycles. The molecule has 0 aliphatic heterocycles. The number of hydrogen-bond donors (Lipinski definition) is 1. The summed E-state index contributed by atoms with van der Waals surface area (Å²) in [6.45, 7) is 1.06. The highest BCUT2D eigenvalue weighted by atomic mass is 32.1. The number of carbonyl (C=O) groups is 3. The maximum absolute atomic E-state index is 12.1. The van der Waals surface area contributed by atoms with Crippen molar-refractivity contribution in [2.75, 3.05) is 11.9 Å². The maximum Gasteiger partial charge on any atom is 0.331 e. The third kappa shape index (κ3) is 5.99. The predicted octanol–water partition coefficient (Wildman–Crippen LogP) is 4.81. The number of carbonyl (C=O) groups excluding carboxylic acids is 3. The number of nitrogens with one attached hydrogen (secondary N) is 1. The number of rotatable bonds is 7. The zero-order valence-electron chi connectivity index (χ0n) is 15.8. The lowest BCUT2D eigenvalue weighted by molar-refractivity contribution is -0.136. The fourth-order valence-corrected chi connectivity index (χ4v) is 3.48. The first-order valence-electron chi connectivity index (χ1n) is 8.92. The molecule has 0 radical (unpaired) electrons. The van der Waals surface area contributed by atoms with Gasteiger partial charge in [0.1, 0.15) is 0 Å². The quantitative estimate of drug-likeness (QED) is 0.348. The van der Waals surface area contributed by atoms with Crippen LogP contribution < -0.4 is 5.32 Å². The first-order chi connectivity index (χ1) is 14.0. The molecule has 3 rings (SSSR count). The highest BCUT2D eigenvalue weighted by Crippen LogP contribution is 2.28. The lowest BCUT2D eigenvalue weighted by atomic mass is 10.1. The minimum atomic E-state index is -0.581. The van der Waals surface area contributed by atoms with E-state index in [-0.39, 0.29) is 18.3 Å². The van der Waals surface area contributed by atoms with Gasteiger partial charge in [0.2, 0.25) is 5.91 Å². The van der Waals surface area contributed by atoms with Crippen molar-refractivity contribution in [3.8, 4) is 10.4 Å². The Bertz CT molecular complexity index is 1040. The summed E-state index contributed by atoms with van der Waals surface area (Å²) in [5.41, 5.74) is 2.12. The second-order valence-electron chi connectivity index (χ2n) is 6.19. The molecule has 1 N–H and O–H groups in total. The largest absolute Gasteiger partial charge is 0.454 e. The Morgan fingerprint density at radius 2 is 1.69 bits per heavy atom. The van der Waals surface area contributed by atoms with Gasteiger partial charge in [-0.15, -0.1) is 11.3 Å². The van der Waals surface area contributed by atoms with Crippen molar-refractivity contribution >= 4 is 40.8 Å². The van der Waals surface area contributed by atoms with Crippen molar-refractivity contribution in [2.45, 2.75) is 6.92 Å². The fraction of sp³-hybridized carbons (Fsp3) is 0.0870. The Balaban J connectivity index is 1.51. The van der Waals surface area contributed by atoms with Gasteiger partial charge in [0, 0.05) is 34.0 Å². The zero-order chi connectivity index (χ0) is 20.6. The average molecular weight is 405 g/mol. The molecule has 146 valence electrons. The van der Waals surface area contributed by atoms with Crippen molar-refractivity contribution in [1.29, 1.82) is 0 Å². The molecule has 1 aromatic heterocycles. The number of ketones is 1. The van der Waals surface area contributed by atoms with Crippen molar-refractivity contribution in [3.63, 3.8) is 0 Å². The Kier molecular flexibility index (Phi) is 6.71. The van der Waals surface area contributed by atoms with E-state index in [0.717, 1.165) is 15.3 Å². The van der Waals surface area contributed by atoms with E-state index in [1.165, 1.54) is 13.0 Å². The third-order valence-electron chi connectivity index (χ3n) is 3.94. The minimum Gasteiger partial charge on any atom is -0.454 e. The van der Waals surface area contributed by atoms with Gasteiger partial charge in [-0.3, -0.25) is 9.59 Å². The van der Waals surface area contributed by atoms with Crippen LogP contribution in [0.3, 0.4) is 0 Å². The van der Waals surface area contributed by atoms with Gasteiger partial charge in [0.25, 0.3) is 0 Å². The number of esters is 1. The van der Waals surface area contributed by atoms with E-state index < -0.39 is 5.97 Å². The summed E-state index contributed by atoms with van der Waals surface area (Å²) in [5.74, 6) is -1.09. The van der Waals surface area contributed by atoms with E-state index in [9.17, 15) is 14.4 Å². The molecule has 5 nitrogen and oxygen atoms in total. The zero-order valence-corrected chi connectivity index (χ0v) is 16.6. The Morgan fingerprint density at radius 1 is 0.966 bits per heavy atom. The van der Waals surface area contributed by atoms with Gasteiger partial charge in [-0.2, -0.15) is 0 Å². The summed E-state index contributed by atoms with van der Waals surface area (Å²) in [6.07, 6.45) is 2.99. The van der Waals surface area contributed by atoms with Gasteiger partial charge in [-0.1, -0.05) is 30.3 Å². The van der Waals surface area contributed by atoms with Crippen LogP contribution in [0.15, 0.2) is 72.8 Å². The van der Waals surface area contributed by atoms with Crippen molar-refractivity contribution < 1.29 is 19.1 Å². The number of Topliss-reactive ketones (excluding diaryl/α,β-unsaturated/α-hetero) is 1. The van der Waals surface area contributed by atoms with Crippen molar-refractivity contribution in [1.82, 2.24) is 0 Å². The number of thiophene rings is 1. The molecule has 6 heteroatoms. The van der Waals surface area contributed by atoms with E-state index in [1.54, 1.807) is 41.7 Å². The first kappa shape index (κ1) is 20.2. The molecular formula is C23H19NO4S. The van der Waals surface area contributed by atoms with Gasteiger partial charge in [0.15, 0.2) is 12.4 Å². The molecule has 0 saturated carbocycles. The van der Waals surface area contributed by atoms with Gasteiger partial charge >= 0.3 is 5.97 Å². The molecule has 3 aromatic rings. The van der Waals surface area contributed by atoms with Crippen LogP contribution in [0.4, 0.5) is 5.69 Å². The van der Waals surface area contributed by atoms with Crippen LogP contribution in [0.25, 0.3) is 16.5 Å². The predicted molar refractivity (Wildman–Crippen MR) is 115 cm³/mol. The fourth-order valence-electron chi connectivity index (χ4n) is 2.56. The molecule has 0 spiro atoms. The lowest BCUT2D eigenvalue weighted by Crippen LogP contribution is -2.12. The summed E-state index contributed by atoms with van der Waals surface area (Å²) in [6, 6.07) is 20.3. The Morgan fingerprint density at radius 3 is 2.38 bits per heavy atom. The van der Waals surface area contributed by atoms with E-state index >= 15 is 0 Å². The maximum atomic E-state index is 12.1. The van der Waals surface area contributed by atoms with Gasteiger partial charge < -0.3 is 10.1 Å². The first-order valence-corrected chi connectivity index (χ1v) is 9.74. The molecule has 0 atom stereocenters. The highest BCUT2D eigenvalue weighted by Gasteiger charge is 2.09. The number of benzene rings is 2. The summed E-state index contributed by atoms with van der Waals surface area (Å²) in [4.78, 5) is 37.1. The number of amides is 1. The molecule has 2 aromatic carbocycles. The molecule has 1 amide bonds. The average Bonchev–Trinajstić information content (AvgIpc) is 3.20. The monoisotopic (exact) mass is 405 g/mol. The molecule has 0 fully saturated rings. The molecule has 0 unspecified atom stereocenters. The summed E-state index contributed by atoms with van der Waals surface area (Å²) >= 11 is 1.56. The normalized spacial score (nSPS) is 10.7. The van der Waals surface area contributed by atoms with Crippen LogP contribution in [0.2, 0.25) is 0 Å². The second-order valence-corrected chi connectivity index (χ2v) is 7.31. The van der Waals surface area contributed by atoms with Gasteiger partial charge in [0.05, 0.1) is 0 Å². The van der Waals surface area contributed by atoms with E-state index in [0.29, 0.717) is 11.3 Å². The summed E-state index contributed by atoms with van der Waals surface area (Å²) < 4.78 is 5.03. The number of ether oxygens (including phenoxy) is 1. The SMILES string of the molecule is CC(=O)Nc1ccc(C(=O)COC(=O)/C=C/c2ccc(-c3ccccc3)s2)cc1.